The molecule has 14 nitrogen and oxygen atoms in total. The number of carboxylic acid groups (broad SMARTS) is 3. The highest BCUT2D eigenvalue weighted by Crippen LogP contribution is 2.37. The first-order valence-electron chi connectivity index (χ1n) is 23.5. The van der Waals surface area contributed by atoms with Gasteiger partial charge < -0.3 is 30.3 Å². The molecule has 4 rings (SSSR count). The van der Waals surface area contributed by atoms with E-state index >= 15 is 0 Å². The van der Waals surface area contributed by atoms with Crippen molar-refractivity contribution in [2.24, 2.45) is 47.3 Å². The summed E-state index contributed by atoms with van der Waals surface area (Å²) in [6.45, 7) is 8.20. The van der Waals surface area contributed by atoms with Gasteiger partial charge in [-0.15, -0.1) is 0 Å². The number of carbonyl (C=O) groups is 8. The Morgan fingerprint density at radius 1 is 0.433 bits per heavy atom. The Morgan fingerprint density at radius 3 is 0.821 bits per heavy atom. The van der Waals surface area contributed by atoms with Gasteiger partial charge in [-0.3, -0.25) is 38.4 Å². The number of esters is 1. The van der Waals surface area contributed by atoms with E-state index in [1.165, 1.54) is 7.11 Å². The van der Waals surface area contributed by atoms with E-state index in [-0.39, 0.29) is 105 Å². The third-order valence-electron chi connectivity index (χ3n) is 12.1. The van der Waals surface area contributed by atoms with Crippen LogP contribution in [0.5, 0.6) is 0 Å². The molecular weight excluding hydrogens is 861 g/mol. The van der Waals surface area contributed by atoms with Crippen molar-refractivity contribution in [3.05, 3.63) is 48.6 Å². The fourth-order valence-corrected chi connectivity index (χ4v) is 8.79. The standard InChI is InChI=1S/C13H20O3.3C12H18O3.2CH4O.2CH4/c1-3-4-5-6-11-10(7-8-12(11)14)9-13(15)16-2;3*1-2-3-4-5-10-9(8-12(14)15)6-7-11(10)13;2*1-2;;/h4-5,10-11H,3,6-9H2,1-2H3;3*3-4,9-10H,2,5-8H2,1H3,(H,14,15);2*2H,1H3;2*1H4/b5-4-;2*4-3+;4-3-;;;;/t10-,11+;3*9-,10+;;;;/m0000..../s1. The molecule has 14 heteroatoms. The second-order valence-electron chi connectivity index (χ2n) is 16.5. The van der Waals surface area contributed by atoms with E-state index in [4.69, 9.17) is 25.5 Å². The van der Waals surface area contributed by atoms with Crippen LogP contribution in [0, 0.1) is 47.3 Å². The summed E-state index contributed by atoms with van der Waals surface area (Å²) in [6.07, 6.45) is 29.2. The van der Waals surface area contributed by atoms with Gasteiger partial charge in [0.25, 0.3) is 0 Å². The van der Waals surface area contributed by atoms with Crippen molar-refractivity contribution in [1.29, 1.82) is 0 Å². The highest BCUT2D eigenvalue weighted by Gasteiger charge is 2.37. The highest BCUT2D eigenvalue weighted by atomic mass is 16.5. The fourth-order valence-electron chi connectivity index (χ4n) is 8.79. The lowest BCUT2D eigenvalue weighted by Crippen LogP contribution is -2.18. The number of ether oxygens (including phenoxy) is 1. The minimum atomic E-state index is -0.792. The number of Topliss-reactive ketones (excluding diaryl/α,β-unsaturated/α-hetero) is 4. The number of hydrogen-bond acceptors (Lipinski definition) is 11. The predicted octanol–water partition coefficient (Wildman–Crippen LogP) is 10.2. The molecule has 0 radical (unpaired) electrons. The molecule has 0 aromatic carbocycles. The number of carboxylic acids is 3. The van der Waals surface area contributed by atoms with Crippen LogP contribution in [0.1, 0.15) is 171 Å². The number of aliphatic hydroxyl groups excluding tert-OH is 2. The molecule has 4 fully saturated rings. The van der Waals surface area contributed by atoms with Crippen molar-refractivity contribution in [2.75, 3.05) is 21.3 Å². The number of ketones is 4. The van der Waals surface area contributed by atoms with Gasteiger partial charge in [0.1, 0.15) is 23.1 Å². The normalized spacial score (nSPS) is 23.9. The number of rotatable bonds is 20. The molecule has 386 valence electrons. The zero-order chi connectivity index (χ0) is 49.7. The van der Waals surface area contributed by atoms with E-state index in [0.29, 0.717) is 57.1 Å². The lowest BCUT2D eigenvalue weighted by molar-refractivity contribution is -0.142. The fraction of sp³-hybridized carbons (Fsp3) is 0.698. The number of allylic oxidation sites excluding steroid dienone is 8. The van der Waals surface area contributed by atoms with Crippen molar-refractivity contribution in [2.45, 2.75) is 171 Å². The molecule has 4 aliphatic rings. The van der Waals surface area contributed by atoms with Gasteiger partial charge in [-0.25, -0.2) is 0 Å². The quantitative estimate of drug-likeness (QED) is 0.0563. The molecule has 8 atom stereocenters. The molecule has 0 amide bonds. The smallest absolute Gasteiger partial charge is 0.305 e. The van der Waals surface area contributed by atoms with Crippen molar-refractivity contribution in [3.63, 3.8) is 0 Å². The van der Waals surface area contributed by atoms with Crippen molar-refractivity contribution < 1.29 is 68.6 Å². The van der Waals surface area contributed by atoms with Crippen LogP contribution in [0.2, 0.25) is 0 Å². The van der Waals surface area contributed by atoms with Crippen LogP contribution < -0.4 is 0 Å². The van der Waals surface area contributed by atoms with Gasteiger partial charge >= 0.3 is 23.9 Å². The number of methoxy groups -OCH3 is 1. The van der Waals surface area contributed by atoms with E-state index in [1.54, 1.807) is 0 Å². The van der Waals surface area contributed by atoms with Gasteiger partial charge in [-0.2, -0.15) is 0 Å². The molecule has 0 heterocycles. The molecule has 0 aliphatic heterocycles. The second kappa shape index (κ2) is 42.8. The van der Waals surface area contributed by atoms with Crippen LogP contribution in [0.4, 0.5) is 0 Å². The summed E-state index contributed by atoms with van der Waals surface area (Å²) < 4.78 is 4.65. The molecule has 67 heavy (non-hydrogen) atoms. The Balaban J connectivity index is -0.000000381. The zero-order valence-corrected chi connectivity index (χ0v) is 40.3. The summed E-state index contributed by atoms with van der Waals surface area (Å²) >= 11 is 0. The summed E-state index contributed by atoms with van der Waals surface area (Å²) in [7, 11) is 3.39. The number of carbonyl (C=O) groups excluding carboxylic acids is 5. The van der Waals surface area contributed by atoms with E-state index in [1.807, 2.05) is 57.2 Å². The van der Waals surface area contributed by atoms with Gasteiger partial charge in [-0.05, 0) is 101 Å². The SMILES string of the molecule is C.C.CC/C=C/C[C@H]1C(=O)CC[C@H]1CC(=O)O.CC/C=C/C[C@H]1C(=O)CC[C@H]1CC(=O)O.CC/C=C\C[C@H]1C(=O)CC[C@H]1CC(=O)O.CC/C=C\C[C@H]1C(=O)CC[C@H]1CC(=O)OC.CO.CO. The van der Waals surface area contributed by atoms with E-state index in [2.05, 4.69) is 23.8 Å². The van der Waals surface area contributed by atoms with Crippen LogP contribution >= 0.6 is 0 Å². The molecule has 0 aromatic rings. The average molecular weight is 951 g/mol. The van der Waals surface area contributed by atoms with Gasteiger partial charge in [0.05, 0.1) is 7.11 Å². The second-order valence-corrected chi connectivity index (χ2v) is 16.5. The van der Waals surface area contributed by atoms with Gasteiger partial charge in [-0.1, -0.05) is 91.2 Å². The maximum atomic E-state index is 11.7. The van der Waals surface area contributed by atoms with Crippen molar-refractivity contribution in [3.8, 4) is 0 Å². The molecule has 0 saturated heterocycles. The van der Waals surface area contributed by atoms with Crippen LogP contribution in [0.3, 0.4) is 0 Å². The first-order chi connectivity index (χ1) is 31.1. The largest absolute Gasteiger partial charge is 0.481 e. The molecule has 0 unspecified atom stereocenters. The van der Waals surface area contributed by atoms with E-state index in [0.717, 1.165) is 72.0 Å². The third-order valence-corrected chi connectivity index (χ3v) is 12.1. The number of hydrogen-bond donors (Lipinski definition) is 5. The van der Waals surface area contributed by atoms with Crippen LogP contribution in [-0.4, -0.2) is 93.9 Å². The van der Waals surface area contributed by atoms with Crippen LogP contribution in [0.25, 0.3) is 0 Å². The summed E-state index contributed by atoms with van der Waals surface area (Å²) in [5.41, 5.74) is 0. The highest BCUT2D eigenvalue weighted by molar-refractivity contribution is 5.86. The molecule has 0 spiro atoms. The summed E-state index contributed by atoms with van der Waals surface area (Å²) in [5, 5.41) is 40.2. The maximum absolute atomic E-state index is 11.7. The lowest BCUT2D eigenvalue weighted by atomic mass is 9.89. The molecule has 0 bridgehead atoms. The molecule has 4 saturated carbocycles. The zero-order valence-electron chi connectivity index (χ0n) is 40.3. The summed E-state index contributed by atoms with van der Waals surface area (Å²) in [6, 6.07) is 0. The third kappa shape index (κ3) is 29.7. The number of aliphatic hydroxyl groups is 2. The van der Waals surface area contributed by atoms with E-state index < -0.39 is 17.9 Å². The first kappa shape index (κ1) is 69.0. The van der Waals surface area contributed by atoms with Gasteiger partial charge in [0.15, 0.2) is 0 Å². The van der Waals surface area contributed by atoms with Crippen molar-refractivity contribution in [1.82, 2.24) is 0 Å². The number of aliphatic carboxylic acids is 3. The minimum Gasteiger partial charge on any atom is -0.481 e. The van der Waals surface area contributed by atoms with Gasteiger partial charge in [0, 0.05) is 89.3 Å². The average Bonchev–Trinajstić information content (AvgIpc) is 4.02. The lowest BCUT2D eigenvalue weighted by Gasteiger charge is -2.15. The molecular formula is C53H90O14. The van der Waals surface area contributed by atoms with E-state index in [9.17, 15) is 38.4 Å². The Kier molecular flexibility index (Phi) is 44.1. The molecule has 0 aromatic heterocycles. The Morgan fingerprint density at radius 2 is 0.642 bits per heavy atom. The van der Waals surface area contributed by atoms with Crippen molar-refractivity contribution >= 4 is 47.0 Å². The Labute approximate surface area is 402 Å². The molecule has 4 aliphatic carbocycles. The topological polar surface area (TPSA) is 247 Å². The summed E-state index contributed by atoms with van der Waals surface area (Å²) in [5.74, 6) is -1.35. The predicted molar refractivity (Wildman–Crippen MR) is 264 cm³/mol. The Hall–Kier alpha value is -4.56. The van der Waals surface area contributed by atoms with Gasteiger partial charge in [0.2, 0.25) is 0 Å². The first-order valence-corrected chi connectivity index (χ1v) is 23.5. The van der Waals surface area contributed by atoms with Crippen LogP contribution in [-0.2, 0) is 43.1 Å². The monoisotopic (exact) mass is 951 g/mol. The Bertz CT molecular complexity index is 1410. The summed E-state index contributed by atoms with van der Waals surface area (Å²) in [4.78, 5) is 89.3. The van der Waals surface area contributed by atoms with Crippen LogP contribution in [0.15, 0.2) is 48.6 Å². The maximum Gasteiger partial charge on any atom is 0.305 e. The molecule has 5 N–H and O–H groups in total. The minimum absolute atomic E-state index is 0.